The van der Waals surface area contributed by atoms with Gasteiger partial charge in [-0.15, -0.1) is 0 Å². The van der Waals surface area contributed by atoms with Crippen LogP contribution >= 0.6 is 0 Å². The van der Waals surface area contributed by atoms with Gasteiger partial charge in [0, 0.05) is 29.9 Å². The largest absolute Gasteiger partial charge is 0.489 e. The fraction of sp³-hybridized carbons (Fsp3) is 0.179. The number of benzene rings is 3. The first kappa shape index (κ1) is 24.5. The van der Waals surface area contributed by atoms with E-state index in [2.05, 4.69) is 4.98 Å². The van der Waals surface area contributed by atoms with Crippen LogP contribution < -0.4 is 14.2 Å². The standard InChI is InChI=1S/C28H25NO7/c30-27(31)15-14-26(28(32)33)36-25-11-4-2-7-20(25)17-34-22-8-5-9-23(16-22)35-18-21-13-12-19-6-1-3-10-24(19)29-21/h1-13,16,26H,14-15,17-18H2,(H,30,31)(H,32,33). The first-order valence-corrected chi connectivity index (χ1v) is 11.4. The molecule has 4 aromatic rings. The Balaban J connectivity index is 1.38. The first-order valence-electron chi connectivity index (χ1n) is 11.4. The van der Waals surface area contributed by atoms with E-state index in [1.165, 1.54) is 0 Å². The zero-order valence-electron chi connectivity index (χ0n) is 19.4. The SMILES string of the molecule is O=C(O)CCC(Oc1ccccc1COc1cccc(OCc2ccc3ccccc3n2)c1)C(=O)O. The minimum absolute atomic E-state index is 0.122. The van der Waals surface area contributed by atoms with Crippen LogP contribution in [0.25, 0.3) is 10.9 Å². The predicted molar refractivity (Wildman–Crippen MR) is 132 cm³/mol. The Morgan fingerprint density at radius 3 is 2.31 bits per heavy atom. The average Bonchev–Trinajstić information content (AvgIpc) is 2.89. The van der Waals surface area contributed by atoms with Crippen molar-refractivity contribution < 1.29 is 34.0 Å². The van der Waals surface area contributed by atoms with Crippen LogP contribution in [-0.2, 0) is 22.8 Å². The second-order valence-electron chi connectivity index (χ2n) is 8.03. The van der Waals surface area contributed by atoms with Crippen molar-refractivity contribution in [2.75, 3.05) is 0 Å². The third kappa shape index (κ3) is 6.73. The topological polar surface area (TPSA) is 115 Å². The van der Waals surface area contributed by atoms with Crippen molar-refractivity contribution in [3.8, 4) is 17.2 Å². The zero-order chi connectivity index (χ0) is 25.3. The molecule has 8 heteroatoms. The maximum absolute atomic E-state index is 11.5. The van der Waals surface area contributed by atoms with Crippen LogP contribution in [0.15, 0.2) is 84.9 Å². The summed E-state index contributed by atoms with van der Waals surface area (Å²) in [4.78, 5) is 26.9. The molecule has 0 bridgehead atoms. The molecule has 3 aromatic carbocycles. The molecular formula is C28H25NO7. The number of ether oxygens (including phenoxy) is 3. The van der Waals surface area contributed by atoms with E-state index in [0.29, 0.717) is 29.4 Å². The van der Waals surface area contributed by atoms with Gasteiger partial charge in [-0.2, -0.15) is 0 Å². The molecule has 1 unspecified atom stereocenters. The summed E-state index contributed by atoms with van der Waals surface area (Å²) in [5, 5.41) is 19.3. The molecule has 0 saturated carbocycles. The Bertz CT molecular complexity index is 1350. The molecule has 184 valence electrons. The summed E-state index contributed by atoms with van der Waals surface area (Å²) < 4.78 is 17.4. The monoisotopic (exact) mass is 487 g/mol. The Morgan fingerprint density at radius 1 is 0.806 bits per heavy atom. The van der Waals surface area contributed by atoms with Crippen molar-refractivity contribution in [3.05, 3.63) is 96.2 Å². The van der Waals surface area contributed by atoms with E-state index < -0.39 is 18.0 Å². The van der Waals surface area contributed by atoms with Gasteiger partial charge >= 0.3 is 11.9 Å². The van der Waals surface area contributed by atoms with Crippen LogP contribution in [0.2, 0.25) is 0 Å². The number of pyridine rings is 1. The minimum atomic E-state index is -1.28. The van der Waals surface area contributed by atoms with E-state index in [0.717, 1.165) is 16.6 Å². The summed E-state index contributed by atoms with van der Waals surface area (Å²) in [6, 6.07) is 25.9. The van der Waals surface area contributed by atoms with Crippen molar-refractivity contribution in [1.82, 2.24) is 4.98 Å². The van der Waals surface area contributed by atoms with Gasteiger partial charge in [-0.05, 0) is 30.3 Å². The lowest BCUT2D eigenvalue weighted by atomic mass is 10.1. The third-order valence-electron chi connectivity index (χ3n) is 5.38. The highest BCUT2D eigenvalue weighted by molar-refractivity contribution is 5.78. The van der Waals surface area contributed by atoms with Crippen molar-refractivity contribution in [1.29, 1.82) is 0 Å². The van der Waals surface area contributed by atoms with Crippen LogP contribution in [0.5, 0.6) is 17.2 Å². The smallest absolute Gasteiger partial charge is 0.344 e. The molecule has 36 heavy (non-hydrogen) atoms. The number of carboxylic acid groups (broad SMARTS) is 2. The highest BCUT2D eigenvalue weighted by atomic mass is 16.5. The maximum atomic E-state index is 11.5. The minimum Gasteiger partial charge on any atom is -0.489 e. The van der Waals surface area contributed by atoms with Gasteiger partial charge in [-0.3, -0.25) is 4.79 Å². The number of hydrogen-bond donors (Lipinski definition) is 2. The molecule has 0 saturated heterocycles. The van der Waals surface area contributed by atoms with Gasteiger partial charge in [0.2, 0.25) is 0 Å². The number of aliphatic carboxylic acids is 2. The Hall–Kier alpha value is -4.59. The second-order valence-corrected chi connectivity index (χ2v) is 8.03. The van der Waals surface area contributed by atoms with Gasteiger partial charge in [-0.25, -0.2) is 9.78 Å². The van der Waals surface area contributed by atoms with Crippen LogP contribution in [-0.4, -0.2) is 33.2 Å². The normalized spacial score (nSPS) is 11.6. The summed E-state index contributed by atoms with van der Waals surface area (Å²) in [7, 11) is 0. The lowest BCUT2D eigenvalue weighted by Crippen LogP contribution is -2.28. The average molecular weight is 488 g/mol. The molecule has 0 spiro atoms. The molecular weight excluding hydrogens is 462 g/mol. The van der Waals surface area contributed by atoms with Crippen LogP contribution in [0.3, 0.4) is 0 Å². The van der Waals surface area contributed by atoms with Crippen molar-refractivity contribution >= 4 is 22.8 Å². The molecule has 1 aromatic heterocycles. The highest BCUT2D eigenvalue weighted by Crippen LogP contribution is 2.25. The second kappa shape index (κ2) is 11.7. The van der Waals surface area contributed by atoms with Gasteiger partial charge in [0.1, 0.15) is 30.5 Å². The van der Waals surface area contributed by atoms with E-state index in [1.807, 2.05) is 48.5 Å². The lowest BCUT2D eigenvalue weighted by molar-refractivity contribution is -0.146. The van der Waals surface area contributed by atoms with Crippen molar-refractivity contribution in [3.63, 3.8) is 0 Å². The third-order valence-corrected chi connectivity index (χ3v) is 5.38. The molecule has 4 rings (SSSR count). The molecule has 0 amide bonds. The van der Waals surface area contributed by atoms with E-state index in [-0.39, 0.29) is 19.4 Å². The molecule has 0 radical (unpaired) electrons. The lowest BCUT2D eigenvalue weighted by Gasteiger charge is -2.17. The number of para-hydroxylation sites is 2. The number of aromatic nitrogens is 1. The Morgan fingerprint density at radius 2 is 1.53 bits per heavy atom. The molecule has 0 aliphatic carbocycles. The molecule has 0 aliphatic rings. The van der Waals surface area contributed by atoms with E-state index in [9.17, 15) is 14.7 Å². The van der Waals surface area contributed by atoms with Gasteiger partial charge in [0.25, 0.3) is 0 Å². The Kier molecular flexibility index (Phi) is 7.97. The summed E-state index contributed by atoms with van der Waals surface area (Å²) in [5.74, 6) is -0.802. The molecule has 1 heterocycles. The first-order chi connectivity index (χ1) is 17.5. The molecule has 0 aliphatic heterocycles. The zero-order valence-corrected chi connectivity index (χ0v) is 19.4. The molecule has 8 nitrogen and oxygen atoms in total. The quantitative estimate of drug-likeness (QED) is 0.284. The van der Waals surface area contributed by atoms with Gasteiger partial charge in [0.15, 0.2) is 6.10 Å². The molecule has 2 N–H and O–H groups in total. The highest BCUT2D eigenvalue weighted by Gasteiger charge is 2.22. The van der Waals surface area contributed by atoms with Crippen LogP contribution in [0.4, 0.5) is 0 Å². The number of nitrogens with zero attached hydrogens (tertiary/aromatic N) is 1. The number of carbonyl (C=O) groups is 2. The summed E-state index contributed by atoms with van der Waals surface area (Å²) in [5.41, 5.74) is 2.34. The summed E-state index contributed by atoms with van der Waals surface area (Å²) >= 11 is 0. The van der Waals surface area contributed by atoms with Crippen LogP contribution in [0, 0.1) is 0 Å². The van der Waals surface area contributed by atoms with Gasteiger partial charge < -0.3 is 24.4 Å². The number of rotatable bonds is 12. The predicted octanol–water partition coefficient (Wildman–Crippen LogP) is 5.09. The summed E-state index contributed by atoms with van der Waals surface area (Å²) in [6.07, 6.45) is -1.73. The van der Waals surface area contributed by atoms with Gasteiger partial charge in [0.05, 0.1) is 11.2 Å². The van der Waals surface area contributed by atoms with E-state index in [4.69, 9.17) is 19.3 Å². The fourth-order valence-corrected chi connectivity index (χ4v) is 3.54. The van der Waals surface area contributed by atoms with Crippen LogP contribution in [0.1, 0.15) is 24.1 Å². The number of hydrogen-bond acceptors (Lipinski definition) is 6. The summed E-state index contributed by atoms with van der Waals surface area (Å²) in [6.45, 7) is 0.426. The molecule has 0 fully saturated rings. The fourth-order valence-electron chi connectivity index (χ4n) is 3.54. The van der Waals surface area contributed by atoms with E-state index in [1.54, 1.807) is 36.4 Å². The molecule has 1 atom stereocenters. The van der Waals surface area contributed by atoms with Crippen molar-refractivity contribution in [2.24, 2.45) is 0 Å². The van der Waals surface area contributed by atoms with Gasteiger partial charge in [-0.1, -0.05) is 48.5 Å². The van der Waals surface area contributed by atoms with Crippen molar-refractivity contribution in [2.45, 2.75) is 32.2 Å². The number of carboxylic acids is 2. The maximum Gasteiger partial charge on any atom is 0.344 e. The van der Waals surface area contributed by atoms with E-state index >= 15 is 0 Å². The number of fused-ring (bicyclic) bond motifs is 1. The Labute approximate surface area is 207 Å².